The molecule has 1 N–H and O–H groups in total. The van der Waals surface area contributed by atoms with Gasteiger partial charge in [-0.05, 0) is 35.8 Å². The Balaban J connectivity index is 2.91. The van der Waals surface area contributed by atoms with E-state index in [-0.39, 0.29) is 11.5 Å². The van der Waals surface area contributed by atoms with E-state index in [9.17, 15) is 5.11 Å². The maximum absolute atomic E-state index is 10.1. The van der Waals surface area contributed by atoms with Crippen molar-refractivity contribution in [1.82, 2.24) is 0 Å². The Bertz CT molecular complexity index is 275. The van der Waals surface area contributed by atoms with Crippen LogP contribution in [0, 0.1) is 12.3 Å². The van der Waals surface area contributed by atoms with E-state index in [1.165, 1.54) is 4.88 Å². The van der Waals surface area contributed by atoms with Crippen molar-refractivity contribution in [2.75, 3.05) is 0 Å². The standard InChI is InChI=1S/C11H18OS/c1-5-11(3,4)10(12)9-6-7-13-8(9)2/h6-7,10,12H,5H2,1-4H3. The summed E-state index contributed by atoms with van der Waals surface area (Å²) in [5.74, 6) is 0. The van der Waals surface area contributed by atoms with Crippen LogP contribution < -0.4 is 0 Å². The lowest BCUT2D eigenvalue weighted by molar-refractivity contribution is 0.0464. The number of rotatable bonds is 3. The topological polar surface area (TPSA) is 20.2 Å². The molecule has 0 fully saturated rings. The van der Waals surface area contributed by atoms with Crippen LogP contribution in [0.4, 0.5) is 0 Å². The van der Waals surface area contributed by atoms with Crippen molar-refractivity contribution >= 4 is 11.3 Å². The maximum Gasteiger partial charge on any atom is 0.0851 e. The second-order valence-electron chi connectivity index (χ2n) is 4.18. The molecule has 0 aromatic carbocycles. The third kappa shape index (κ3) is 2.12. The first-order valence-corrected chi connectivity index (χ1v) is 5.59. The molecule has 1 aromatic rings. The molecule has 1 heterocycles. The van der Waals surface area contributed by atoms with Crippen molar-refractivity contribution < 1.29 is 5.11 Å². The Hall–Kier alpha value is -0.340. The summed E-state index contributed by atoms with van der Waals surface area (Å²) in [6.45, 7) is 8.39. The molecule has 1 rings (SSSR count). The fraction of sp³-hybridized carbons (Fsp3) is 0.636. The summed E-state index contributed by atoms with van der Waals surface area (Å²) < 4.78 is 0. The van der Waals surface area contributed by atoms with Crippen molar-refractivity contribution in [3.8, 4) is 0 Å². The monoisotopic (exact) mass is 198 g/mol. The molecule has 13 heavy (non-hydrogen) atoms. The second kappa shape index (κ2) is 3.81. The first-order chi connectivity index (χ1) is 5.99. The van der Waals surface area contributed by atoms with E-state index < -0.39 is 0 Å². The summed E-state index contributed by atoms with van der Waals surface area (Å²) in [5, 5.41) is 12.2. The summed E-state index contributed by atoms with van der Waals surface area (Å²) >= 11 is 1.70. The number of aryl methyl sites for hydroxylation is 1. The number of hydrogen-bond donors (Lipinski definition) is 1. The summed E-state index contributed by atoms with van der Waals surface area (Å²) in [6.07, 6.45) is 0.660. The molecule has 0 aliphatic rings. The number of hydrogen-bond acceptors (Lipinski definition) is 2. The normalized spacial score (nSPS) is 14.5. The zero-order chi connectivity index (χ0) is 10.1. The Kier molecular flexibility index (Phi) is 3.14. The predicted molar refractivity (Wildman–Crippen MR) is 58.1 cm³/mol. The first-order valence-electron chi connectivity index (χ1n) is 4.71. The van der Waals surface area contributed by atoms with Gasteiger partial charge in [-0.25, -0.2) is 0 Å². The molecule has 0 amide bonds. The number of thiophene rings is 1. The van der Waals surface area contributed by atoms with Gasteiger partial charge >= 0.3 is 0 Å². The molecular weight excluding hydrogens is 180 g/mol. The maximum atomic E-state index is 10.1. The molecule has 74 valence electrons. The highest BCUT2D eigenvalue weighted by Gasteiger charge is 2.28. The van der Waals surface area contributed by atoms with Gasteiger partial charge in [0.05, 0.1) is 6.10 Å². The molecular formula is C11H18OS. The Morgan fingerprint density at radius 1 is 1.54 bits per heavy atom. The SMILES string of the molecule is CCC(C)(C)C(O)c1ccsc1C. The van der Waals surface area contributed by atoms with Gasteiger partial charge in [0.15, 0.2) is 0 Å². The quantitative estimate of drug-likeness (QED) is 0.787. The van der Waals surface area contributed by atoms with Crippen molar-refractivity contribution in [2.24, 2.45) is 5.41 Å². The van der Waals surface area contributed by atoms with E-state index in [1.807, 2.05) is 11.4 Å². The highest BCUT2D eigenvalue weighted by atomic mass is 32.1. The lowest BCUT2D eigenvalue weighted by atomic mass is 9.81. The molecule has 1 atom stereocenters. The van der Waals surface area contributed by atoms with Gasteiger partial charge in [0.25, 0.3) is 0 Å². The summed E-state index contributed by atoms with van der Waals surface area (Å²) in [7, 11) is 0. The van der Waals surface area contributed by atoms with E-state index in [1.54, 1.807) is 11.3 Å². The highest BCUT2D eigenvalue weighted by Crippen LogP contribution is 2.38. The molecule has 1 unspecified atom stereocenters. The van der Waals surface area contributed by atoms with Crippen LogP contribution in [0.25, 0.3) is 0 Å². The molecule has 0 radical (unpaired) electrons. The largest absolute Gasteiger partial charge is 0.388 e. The second-order valence-corrected chi connectivity index (χ2v) is 5.30. The van der Waals surface area contributed by atoms with Crippen LogP contribution in [0.5, 0.6) is 0 Å². The molecule has 0 saturated carbocycles. The molecule has 0 aliphatic heterocycles. The van der Waals surface area contributed by atoms with Gasteiger partial charge in [-0.2, -0.15) is 0 Å². The van der Waals surface area contributed by atoms with Gasteiger partial charge in [0.2, 0.25) is 0 Å². The number of aliphatic hydroxyl groups is 1. The molecule has 0 bridgehead atoms. The molecule has 2 heteroatoms. The molecule has 0 spiro atoms. The fourth-order valence-corrected chi connectivity index (χ4v) is 2.03. The summed E-state index contributed by atoms with van der Waals surface area (Å²) in [5.41, 5.74) is 1.07. The summed E-state index contributed by atoms with van der Waals surface area (Å²) in [6, 6.07) is 2.03. The lowest BCUT2D eigenvalue weighted by Gasteiger charge is -2.29. The van der Waals surface area contributed by atoms with E-state index in [0.29, 0.717) is 0 Å². The van der Waals surface area contributed by atoms with Crippen LogP contribution in [-0.2, 0) is 0 Å². The predicted octanol–water partition coefficient (Wildman–Crippen LogP) is 3.53. The van der Waals surface area contributed by atoms with Crippen LogP contribution in [-0.4, -0.2) is 5.11 Å². The minimum atomic E-state index is -0.330. The van der Waals surface area contributed by atoms with Crippen LogP contribution in [0.15, 0.2) is 11.4 Å². The first kappa shape index (κ1) is 10.7. The van der Waals surface area contributed by atoms with Crippen molar-refractivity contribution in [1.29, 1.82) is 0 Å². The molecule has 1 aromatic heterocycles. The van der Waals surface area contributed by atoms with Gasteiger partial charge in [-0.1, -0.05) is 20.8 Å². The van der Waals surface area contributed by atoms with Crippen LogP contribution in [0.1, 0.15) is 43.7 Å². The minimum absolute atomic E-state index is 0.0220. The Labute approximate surface area is 84.4 Å². The zero-order valence-electron chi connectivity index (χ0n) is 8.79. The molecule has 0 saturated heterocycles. The number of aliphatic hydroxyl groups excluding tert-OH is 1. The smallest absolute Gasteiger partial charge is 0.0851 e. The van der Waals surface area contributed by atoms with Gasteiger partial charge in [0.1, 0.15) is 0 Å². The Morgan fingerprint density at radius 3 is 2.54 bits per heavy atom. The van der Waals surface area contributed by atoms with Crippen molar-refractivity contribution in [2.45, 2.75) is 40.2 Å². The zero-order valence-corrected chi connectivity index (χ0v) is 9.61. The minimum Gasteiger partial charge on any atom is -0.388 e. The van der Waals surface area contributed by atoms with Crippen LogP contribution >= 0.6 is 11.3 Å². The fourth-order valence-electron chi connectivity index (χ4n) is 1.29. The van der Waals surface area contributed by atoms with E-state index in [2.05, 4.69) is 27.7 Å². The van der Waals surface area contributed by atoms with Crippen molar-refractivity contribution in [3.63, 3.8) is 0 Å². The lowest BCUT2D eigenvalue weighted by Crippen LogP contribution is -2.20. The van der Waals surface area contributed by atoms with Gasteiger partial charge in [-0.3, -0.25) is 0 Å². The molecule has 0 aliphatic carbocycles. The average molecular weight is 198 g/mol. The summed E-state index contributed by atoms with van der Waals surface area (Å²) in [4.78, 5) is 1.23. The molecule has 1 nitrogen and oxygen atoms in total. The van der Waals surface area contributed by atoms with E-state index in [0.717, 1.165) is 12.0 Å². The van der Waals surface area contributed by atoms with Gasteiger partial charge < -0.3 is 5.11 Å². The third-order valence-corrected chi connectivity index (χ3v) is 3.71. The van der Waals surface area contributed by atoms with E-state index in [4.69, 9.17) is 0 Å². The van der Waals surface area contributed by atoms with Gasteiger partial charge in [-0.15, -0.1) is 11.3 Å². The Morgan fingerprint density at radius 2 is 2.15 bits per heavy atom. The third-order valence-electron chi connectivity index (χ3n) is 2.84. The van der Waals surface area contributed by atoms with Gasteiger partial charge in [0, 0.05) is 4.88 Å². The van der Waals surface area contributed by atoms with E-state index >= 15 is 0 Å². The van der Waals surface area contributed by atoms with Crippen LogP contribution in [0.3, 0.4) is 0 Å². The average Bonchev–Trinajstić information content (AvgIpc) is 2.50. The van der Waals surface area contributed by atoms with Crippen molar-refractivity contribution in [3.05, 3.63) is 21.9 Å². The highest BCUT2D eigenvalue weighted by molar-refractivity contribution is 7.10. The van der Waals surface area contributed by atoms with Crippen LogP contribution in [0.2, 0.25) is 0 Å².